The molecule has 0 aliphatic rings. The van der Waals surface area contributed by atoms with Crippen molar-refractivity contribution in [2.75, 3.05) is 20.1 Å². The molecule has 5 nitrogen and oxygen atoms in total. The van der Waals surface area contributed by atoms with Crippen LogP contribution < -0.4 is 5.32 Å². The lowest BCUT2D eigenvalue weighted by molar-refractivity contribution is 0.0297. The van der Waals surface area contributed by atoms with Crippen LogP contribution in [0.3, 0.4) is 0 Å². The molecule has 114 valence electrons. The standard InChI is InChI=1S/C14H25N3O2S/c1-11-12(20-10-16-11)9-15-7-6-8-17(5)13(18)19-14(2,3)4/h10,15H,6-9H2,1-5H3. The fraction of sp³-hybridized carbons (Fsp3) is 0.714. The van der Waals surface area contributed by atoms with E-state index >= 15 is 0 Å². The van der Waals surface area contributed by atoms with Crippen LogP contribution in [0, 0.1) is 6.92 Å². The number of thiazole rings is 1. The summed E-state index contributed by atoms with van der Waals surface area (Å²) in [6, 6.07) is 0. The first-order valence-corrected chi connectivity index (χ1v) is 7.71. The Kier molecular flexibility index (Phi) is 6.42. The van der Waals surface area contributed by atoms with Crippen molar-refractivity contribution in [3.05, 3.63) is 16.1 Å². The zero-order valence-electron chi connectivity index (χ0n) is 13.0. The first kappa shape index (κ1) is 16.9. The van der Waals surface area contributed by atoms with Crippen LogP contribution >= 0.6 is 11.3 Å². The topological polar surface area (TPSA) is 54.5 Å². The van der Waals surface area contributed by atoms with Gasteiger partial charge in [0.2, 0.25) is 0 Å². The highest BCUT2D eigenvalue weighted by atomic mass is 32.1. The van der Waals surface area contributed by atoms with Crippen LogP contribution in [0.25, 0.3) is 0 Å². The summed E-state index contributed by atoms with van der Waals surface area (Å²) in [5.74, 6) is 0. The van der Waals surface area contributed by atoms with Crippen molar-refractivity contribution < 1.29 is 9.53 Å². The molecular weight excluding hydrogens is 274 g/mol. The van der Waals surface area contributed by atoms with Crippen molar-refractivity contribution >= 4 is 17.4 Å². The Morgan fingerprint density at radius 1 is 1.50 bits per heavy atom. The summed E-state index contributed by atoms with van der Waals surface area (Å²) in [4.78, 5) is 18.8. The molecule has 1 amide bonds. The summed E-state index contributed by atoms with van der Waals surface area (Å²) in [5, 5.41) is 3.36. The molecule has 1 aromatic rings. The molecule has 1 aromatic heterocycles. The monoisotopic (exact) mass is 299 g/mol. The number of aryl methyl sites for hydroxylation is 1. The molecule has 0 fully saturated rings. The lowest BCUT2D eigenvalue weighted by Crippen LogP contribution is -2.35. The van der Waals surface area contributed by atoms with Crippen LogP contribution in [0.4, 0.5) is 4.79 Å². The Labute approximate surface area is 125 Å². The number of carbonyl (C=O) groups is 1. The Balaban J connectivity index is 2.14. The molecule has 1 heterocycles. The van der Waals surface area contributed by atoms with Gasteiger partial charge in [-0.3, -0.25) is 0 Å². The normalized spacial score (nSPS) is 11.4. The summed E-state index contributed by atoms with van der Waals surface area (Å²) in [6.45, 7) is 10.0. The Morgan fingerprint density at radius 2 is 2.20 bits per heavy atom. The summed E-state index contributed by atoms with van der Waals surface area (Å²) in [7, 11) is 1.77. The second kappa shape index (κ2) is 7.59. The van der Waals surface area contributed by atoms with Gasteiger partial charge in [-0.2, -0.15) is 0 Å². The number of aromatic nitrogens is 1. The minimum absolute atomic E-state index is 0.268. The molecule has 0 atom stereocenters. The van der Waals surface area contributed by atoms with E-state index in [0.717, 1.165) is 25.2 Å². The molecule has 0 aliphatic heterocycles. The second-order valence-electron chi connectivity index (χ2n) is 5.79. The molecule has 0 aliphatic carbocycles. The quantitative estimate of drug-likeness (QED) is 0.821. The van der Waals surface area contributed by atoms with Crippen LogP contribution in [0.15, 0.2) is 5.51 Å². The maximum Gasteiger partial charge on any atom is 0.410 e. The Bertz CT molecular complexity index is 426. The highest BCUT2D eigenvalue weighted by molar-refractivity contribution is 7.09. The first-order chi connectivity index (χ1) is 9.29. The molecule has 0 saturated heterocycles. The fourth-order valence-corrected chi connectivity index (χ4v) is 2.32. The first-order valence-electron chi connectivity index (χ1n) is 6.83. The molecule has 0 unspecified atom stereocenters. The summed E-state index contributed by atoms with van der Waals surface area (Å²) in [6.07, 6.45) is 0.629. The highest BCUT2D eigenvalue weighted by Gasteiger charge is 2.18. The van der Waals surface area contributed by atoms with E-state index in [9.17, 15) is 4.79 Å². The fourth-order valence-electron chi connectivity index (χ4n) is 1.57. The van der Waals surface area contributed by atoms with E-state index in [-0.39, 0.29) is 6.09 Å². The van der Waals surface area contributed by atoms with Gasteiger partial charge in [0, 0.05) is 25.0 Å². The van der Waals surface area contributed by atoms with Crippen molar-refractivity contribution in [2.45, 2.75) is 46.3 Å². The molecular formula is C14H25N3O2S. The third-order valence-electron chi connectivity index (χ3n) is 2.68. The van der Waals surface area contributed by atoms with E-state index in [1.807, 2.05) is 33.2 Å². The molecule has 0 spiro atoms. The predicted molar refractivity (Wildman–Crippen MR) is 82.0 cm³/mol. The lowest BCUT2D eigenvalue weighted by atomic mass is 10.2. The molecule has 0 saturated carbocycles. The Hall–Kier alpha value is -1.14. The number of nitrogens with one attached hydrogen (secondary N) is 1. The van der Waals surface area contributed by atoms with Gasteiger partial charge in [-0.05, 0) is 40.7 Å². The van der Waals surface area contributed by atoms with Crippen molar-refractivity contribution in [3.8, 4) is 0 Å². The minimum atomic E-state index is -0.437. The molecule has 1 N–H and O–H groups in total. The molecule has 6 heteroatoms. The van der Waals surface area contributed by atoms with Crippen molar-refractivity contribution in [1.29, 1.82) is 0 Å². The number of rotatable bonds is 6. The van der Waals surface area contributed by atoms with E-state index in [2.05, 4.69) is 10.3 Å². The molecule has 0 aromatic carbocycles. The number of nitrogens with zero attached hydrogens (tertiary/aromatic N) is 2. The van der Waals surface area contributed by atoms with Gasteiger partial charge in [-0.15, -0.1) is 11.3 Å². The number of amides is 1. The molecule has 0 radical (unpaired) electrons. The maximum absolute atomic E-state index is 11.7. The van der Waals surface area contributed by atoms with Crippen LogP contribution in [-0.4, -0.2) is 41.7 Å². The number of ether oxygens (including phenoxy) is 1. The largest absolute Gasteiger partial charge is 0.444 e. The molecule has 20 heavy (non-hydrogen) atoms. The zero-order chi connectivity index (χ0) is 15.2. The van der Waals surface area contributed by atoms with Gasteiger partial charge in [-0.25, -0.2) is 9.78 Å². The average molecular weight is 299 g/mol. The number of hydrogen-bond acceptors (Lipinski definition) is 5. The molecule has 1 rings (SSSR count). The smallest absolute Gasteiger partial charge is 0.410 e. The molecule has 0 bridgehead atoms. The van der Waals surface area contributed by atoms with Gasteiger partial charge in [0.25, 0.3) is 0 Å². The second-order valence-corrected chi connectivity index (χ2v) is 6.73. The van der Waals surface area contributed by atoms with Gasteiger partial charge < -0.3 is 15.0 Å². The van der Waals surface area contributed by atoms with Gasteiger partial charge in [0.1, 0.15) is 5.60 Å². The van der Waals surface area contributed by atoms with E-state index in [1.165, 1.54) is 4.88 Å². The van der Waals surface area contributed by atoms with Crippen LogP contribution in [0.1, 0.15) is 37.8 Å². The lowest BCUT2D eigenvalue weighted by Gasteiger charge is -2.24. The van der Waals surface area contributed by atoms with E-state index in [1.54, 1.807) is 23.3 Å². The third-order valence-corrected chi connectivity index (χ3v) is 3.62. The maximum atomic E-state index is 11.7. The Morgan fingerprint density at radius 3 is 2.75 bits per heavy atom. The van der Waals surface area contributed by atoms with Crippen molar-refractivity contribution in [2.24, 2.45) is 0 Å². The summed E-state index contributed by atoms with van der Waals surface area (Å²) < 4.78 is 5.29. The van der Waals surface area contributed by atoms with Crippen LogP contribution in [0.5, 0.6) is 0 Å². The van der Waals surface area contributed by atoms with Crippen LogP contribution in [-0.2, 0) is 11.3 Å². The van der Waals surface area contributed by atoms with E-state index in [4.69, 9.17) is 4.74 Å². The van der Waals surface area contributed by atoms with Crippen molar-refractivity contribution in [1.82, 2.24) is 15.2 Å². The highest BCUT2D eigenvalue weighted by Crippen LogP contribution is 2.11. The number of hydrogen-bond donors (Lipinski definition) is 1. The minimum Gasteiger partial charge on any atom is -0.444 e. The van der Waals surface area contributed by atoms with E-state index in [0.29, 0.717) is 6.54 Å². The summed E-state index contributed by atoms with van der Waals surface area (Å²) >= 11 is 1.67. The van der Waals surface area contributed by atoms with E-state index < -0.39 is 5.60 Å². The van der Waals surface area contributed by atoms with Gasteiger partial charge >= 0.3 is 6.09 Å². The van der Waals surface area contributed by atoms with Crippen molar-refractivity contribution in [3.63, 3.8) is 0 Å². The zero-order valence-corrected chi connectivity index (χ0v) is 13.8. The number of carbonyl (C=O) groups excluding carboxylic acids is 1. The SMILES string of the molecule is Cc1ncsc1CNCCCN(C)C(=O)OC(C)(C)C. The third kappa shape index (κ3) is 6.34. The van der Waals surface area contributed by atoms with Gasteiger partial charge in [-0.1, -0.05) is 0 Å². The summed E-state index contributed by atoms with van der Waals surface area (Å²) in [5.41, 5.74) is 2.52. The van der Waals surface area contributed by atoms with Crippen LogP contribution in [0.2, 0.25) is 0 Å². The van der Waals surface area contributed by atoms with Gasteiger partial charge in [0.05, 0.1) is 11.2 Å². The average Bonchev–Trinajstić information content (AvgIpc) is 2.72. The van der Waals surface area contributed by atoms with Gasteiger partial charge in [0.15, 0.2) is 0 Å². The predicted octanol–water partition coefficient (Wildman–Crippen LogP) is 2.80.